The van der Waals surface area contributed by atoms with Crippen molar-refractivity contribution in [2.45, 2.75) is 13.3 Å². The fraction of sp³-hybridized carbons (Fsp3) is 0.364. The minimum absolute atomic E-state index is 0.299. The fourth-order valence-corrected chi connectivity index (χ4v) is 1.18. The van der Waals surface area contributed by atoms with E-state index < -0.39 is 11.9 Å². The van der Waals surface area contributed by atoms with Gasteiger partial charge in [-0.1, -0.05) is 0 Å². The third-order valence-corrected chi connectivity index (χ3v) is 1.92. The first-order chi connectivity index (χ1) is 7.27. The van der Waals surface area contributed by atoms with Crippen molar-refractivity contribution in [2.24, 2.45) is 5.92 Å². The molecule has 1 heterocycles. The highest BCUT2D eigenvalue weighted by molar-refractivity contribution is 5.75. The molecule has 78 valence electrons. The Morgan fingerprint density at radius 1 is 1.60 bits per heavy atom. The number of carbonyl (C=O) groups is 1. The summed E-state index contributed by atoms with van der Waals surface area (Å²) in [7, 11) is 0. The van der Waals surface area contributed by atoms with E-state index in [9.17, 15) is 4.79 Å². The summed E-state index contributed by atoms with van der Waals surface area (Å²) >= 11 is 0. The Balaban J connectivity index is 2.63. The molecule has 0 spiro atoms. The Labute approximate surface area is 88.5 Å². The van der Waals surface area contributed by atoms with Crippen molar-refractivity contribution in [2.75, 3.05) is 6.61 Å². The van der Waals surface area contributed by atoms with Crippen LogP contribution in [0.3, 0.4) is 0 Å². The molecule has 1 atom stereocenters. The molecule has 15 heavy (non-hydrogen) atoms. The van der Waals surface area contributed by atoms with Gasteiger partial charge in [0.1, 0.15) is 5.92 Å². The van der Waals surface area contributed by atoms with E-state index >= 15 is 0 Å². The zero-order valence-corrected chi connectivity index (χ0v) is 8.51. The Hall–Kier alpha value is -1.89. The number of ether oxygens (including phenoxy) is 1. The van der Waals surface area contributed by atoms with Gasteiger partial charge in [0, 0.05) is 12.4 Å². The largest absolute Gasteiger partial charge is 0.465 e. The van der Waals surface area contributed by atoms with E-state index in [0.717, 1.165) is 5.56 Å². The zero-order valence-electron chi connectivity index (χ0n) is 8.51. The maximum Gasteiger partial charge on any atom is 0.323 e. The second-order valence-corrected chi connectivity index (χ2v) is 2.99. The molecule has 1 unspecified atom stereocenters. The summed E-state index contributed by atoms with van der Waals surface area (Å²) in [6, 6.07) is 5.50. The van der Waals surface area contributed by atoms with E-state index in [0.29, 0.717) is 13.0 Å². The van der Waals surface area contributed by atoms with Crippen LogP contribution in [0.4, 0.5) is 0 Å². The minimum atomic E-state index is -0.729. The summed E-state index contributed by atoms with van der Waals surface area (Å²) in [6.45, 7) is 2.02. The van der Waals surface area contributed by atoms with Crippen molar-refractivity contribution < 1.29 is 9.53 Å². The molecule has 0 aliphatic carbocycles. The predicted molar refractivity (Wildman–Crippen MR) is 53.7 cm³/mol. The molecule has 0 saturated heterocycles. The lowest BCUT2D eigenvalue weighted by Crippen LogP contribution is -2.18. The molecule has 0 N–H and O–H groups in total. The molecule has 0 fully saturated rings. The number of nitrogens with zero attached hydrogens (tertiary/aromatic N) is 2. The average Bonchev–Trinajstić information content (AvgIpc) is 2.27. The van der Waals surface area contributed by atoms with Gasteiger partial charge in [-0.15, -0.1) is 0 Å². The zero-order chi connectivity index (χ0) is 11.1. The highest BCUT2D eigenvalue weighted by Crippen LogP contribution is 2.08. The molecule has 0 aliphatic rings. The van der Waals surface area contributed by atoms with Crippen LogP contribution < -0.4 is 0 Å². The van der Waals surface area contributed by atoms with Gasteiger partial charge in [-0.2, -0.15) is 5.26 Å². The highest BCUT2D eigenvalue weighted by atomic mass is 16.5. The summed E-state index contributed by atoms with van der Waals surface area (Å²) in [5.74, 6) is -1.19. The predicted octanol–water partition coefficient (Wildman–Crippen LogP) is 1.33. The van der Waals surface area contributed by atoms with Gasteiger partial charge in [0.2, 0.25) is 0 Å². The molecule has 4 nitrogen and oxygen atoms in total. The summed E-state index contributed by atoms with van der Waals surface area (Å²) < 4.78 is 4.79. The SMILES string of the molecule is CCOC(=O)C(C#N)Cc1ccncc1. The van der Waals surface area contributed by atoms with E-state index in [1.54, 1.807) is 31.5 Å². The molecule has 0 amide bonds. The van der Waals surface area contributed by atoms with Gasteiger partial charge in [-0.05, 0) is 31.0 Å². The van der Waals surface area contributed by atoms with Crippen LogP contribution in [0.25, 0.3) is 0 Å². The van der Waals surface area contributed by atoms with Crippen LogP contribution >= 0.6 is 0 Å². The maximum atomic E-state index is 11.3. The van der Waals surface area contributed by atoms with E-state index in [-0.39, 0.29) is 0 Å². The van der Waals surface area contributed by atoms with Gasteiger partial charge < -0.3 is 4.74 Å². The molecular weight excluding hydrogens is 192 g/mol. The van der Waals surface area contributed by atoms with Crippen LogP contribution in [0, 0.1) is 17.2 Å². The second-order valence-electron chi connectivity index (χ2n) is 2.99. The first kappa shape index (κ1) is 11.2. The highest BCUT2D eigenvalue weighted by Gasteiger charge is 2.19. The topological polar surface area (TPSA) is 63.0 Å². The average molecular weight is 204 g/mol. The third kappa shape index (κ3) is 3.39. The van der Waals surface area contributed by atoms with Gasteiger partial charge in [-0.3, -0.25) is 9.78 Å². The van der Waals surface area contributed by atoms with Gasteiger partial charge >= 0.3 is 5.97 Å². The van der Waals surface area contributed by atoms with Crippen LogP contribution in [-0.4, -0.2) is 17.6 Å². The van der Waals surface area contributed by atoms with Crippen LogP contribution in [0.15, 0.2) is 24.5 Å². The summed E-state index contributed by atoms with van der Waals surface area (Å²) in [6.07, 6.45) is 3.64. The van der Waals surface area contributed by atoms with E-state index in [2.05, 4.69) is 4.98 Å². The van der Waals surface area contributed by atoms with Crippen LogP contribution in [0.1, 0.15) is 12.5 Å². The molecule has 0 aromatic carbocycles. The first-order valence-electron chi connectivity index (χ1n) is 4.73. The molecule has 0 saturated carbocycles. The molecule has 0 aliphatic heterocycles. The van der Waals surface area contributed by atoms with Crippen molar-refractivity contribution in [1.82, 2.24) is 4.98 Å². The number of aromatic nitrogens is 1. The van der Waals surface area contributed by atoms with Gasteiger partial charge in [0.15, 0.2) is 0 Å². The number of esters is 1. The fourth-order valence-electron chi connectivity index (χ4n) is 1.18. The summed E-state index contributed by atoms with van der Waals surface area (Å²) in [5, 5.41) is 8.82. The molecule has 1 rings (SSSR count). The van der Waals surface area contributed by atoms with E-state index in [1.807, 2.05) is 6.07 Å². The number of pyridine rings is 1. The first-order valence-corrected chi connectivity index (χ1v) is 4.73. The van der Waals surface area contributed by atoms with Crippen molar-refractivity contribution in [3.8, 4) is 6.07 Å². The standard InChI is InChI=1S/C11H12N2O2/c1-2-15-11(14)10(8-12)7-9-3-5-13-6-4-9/h3-6,10H,2,7H2,1H3. The Morgan fingerprint density at radius 3 is 2.80 bits per heavy atom. The number of hydrogen-bond acceptors (Lipinski definition) is 4. The summed E-state index contributed by atoms with van der Waals surface area (Å²) in [4.78, 5) is 15.2. The third-order valence-electron chi connectivity index (χ3n) is 1.92. The maximum absolute atomic E-state index is 11.3. The Kier molecular flexibility index (Phi) is 4.30. The van der Waals surface area contributed by atoms with E-state index in [1.165, 1.54) is 0 Å². The van der Waals surface area contributed by atoms with Gasteiger partial charge in [0.25, 0.3) is 0 Å². The van der Waals surface area contributed by atoms with Crippen molar-refractivity contribution in [3.63, 3.8) is 0 Å². The molecule has 1 aromatic rings. The molecule has 1 aromatic heterocycles. The lowest BCUT2D eigenvalue weighted by molar-refractivity contribution is -0.145. The quantitative estimate of drug-likeness (QED) is 0.694. The van der Waals surface area contributed by atoms with Crippen LogP contribution in [0.2, 0.25) is 0 Å². The van der Waals surface area contributed by atoms with Crippen molar-refractivity contribution in [3.05, 3.63) is 30.1 Å². The minimum Gasteiger partial charge on any atom is -0.465 e. The van der Waals surface area contributed by atoms with Crippen molar-refractivity contribution >= 4 is 5.97 Å². The molecular formula is C11H12N2O2. The van der Waals surface area contributed by atoms with Gasteiger partial charge in [0.05, 0.1) is 12.7 Å². The van der Waals surface area contributed by atoms with E-state index in [4.69, 9.17) is 10.00 Å². The van der Waals surface area contributed by atoms with Crippen LogP contribution in [-0.2, 0) is 16.0 Å². The van der Waals surface area contributed by atoms with Crippen molar-refractivity contribution in [1.29, 1.82) is 5.26 Å². The number of hydrogen-bond donors (Lipinski definition) is 0. The van der Waals surface area contributed by atoms with Gasteiger partial charge in [-0.25, -0.2) is 0 Å². The number of nitriles is 1. The molecule has 0 bridgehead atoms. The molecule has 0 radical (unpaired) electrons. The summed E-state index contributed by atoms with van der Waals surface area (Å²) in [5.41, 5.74) is 0.907. The Bertz CT molecular complexity index is 357. The second kappa shape index (κ2) is 5.76. The number of rotatable bonds is 4. The van der Waals surface area contributed by atoms with Crippen LogP contribution in [0.5, 0.6) is 0 Å². The lowest BCUT2D eigenvalue weighted by atomic mass is 10.0. The lowest BCUT2D eigenvalue weighted by Gasteiger charge is -2.07. The number of carbonyl (C=O) groups excluding carboxylic acids is 1. The normalized spacial score (nSPS) is 11.5. The molecule has 4 heteroatoms. The smallest absolute Gasteiger partial charge is 0.323 e. The monoisotopic (exact) mass is 204 g/mol. The Morgan fingerprint density at radius 2 is 2.27 bits per heavy atom.